The largest absolute Gasteiger partial charge is 0.320 e. The normalized spacial score (nSPS) is 31.6. The molecule has 0 heterocycles. The molecule has 4 bridgehead atoms. The number of nitrogens with one attached hydrogen (secondary N) is 1. The highest BCUT2D eigenvalue weighted by Gasteiger charge is 2.69. The summed E-state index contributed by atoms with van der Waals surface area (Å²) in [6, 6.07) is 0. The van der Waals surface area contributed by atoms with E-state index in [0.29, 0.717) is 16.4 Å². The minimum atomic E-state index is 0.489. The zero-order chi connectivity index (χ0) is 31.4. The Morgan fingerprint density at radius 2 is 1.02 bits per heavy atom. The minimum absolute atomic E-state index is 0.489. The number of hydrogen-bond acceptors (Lipinski definition) is 4. The predicted octanol–water partition coefficient (Wildman–Crippen LogP) is 8.13. The van der Waals surface area contributed by atoms with Gasteiger partial charge in [-0.2, -0.15) is 0 Å². The van der Waals surface area contributed by atoms with Gasteiger partial charge >= 0.3 is 0 Å². The van der Waals surface area contributed by atoms with E-state index in [1.165, 1.54) is 64.5 Å². The van der Waals surface area contributed by atoms with Gasteiger partial charge in [-0.3, -0.25) is 0 Å². The van der Waals surface area contributed by atoms with Crippen molar-refractivity contribution in [3.05, 3.63) is 0 Å². The van der Waals surface area contributed by atoms with Crippen molar-refractivity contribution in [2.24, 2.45) is 38.9 Å². The van der Waals surface area contributed by atoms with Crippen LogP contribution >= 0.6 is 0 Å². The molecule has 0 amide bonds. The first-order valence-electron chi connectivity index (χ1n) is 16.6. The van der Waals surface area contributed by atoms with E-state index >= 15 is 0 Å². The molecule has 6 aliphatic rings. The molecule has 0 aliphatic heterocycles. The van der Waals surface area contributed by atoms with E-state index in [1.807, 2.05) is 7.05 Å². The molecule has 0 unspecified atom stereocenters. The molecule has 0 radical (unpaired) electrons. The van der Waals surface area contributed by atoms with Crippen LogP contribution in [0.1, 0.15) is 121 Å². The maximum atomic E-state index is 3.12. The summed E-state index contributed by atoms with van der Waals surface area (Å²) in [5.41, 5.74) is 3.94. The van der Waals surface area contributed by atoms with E-state index in [9.17, 15) is 0 Å². The van der Waals surface area contributed by atoms with E-state index in [4.69, 9.17) is 0 Å². The monoisotopic (exact) mass is 565 g/mol. The minimum Gasteiger partial charge on any atom is -0.320 e. The highest BCUT2D eigenvalue weighted by atomic mass is 15.2. The molecule has 0 atom stereocenters. The Balaban J connectivity index is 0.000000271. The lowest BCUT2D eigenvalue weighted by atomic mass is 9.32. The van der Waals surface area contributed by atoms with Crippen molar-refractivity contribution in [3.8, 4) is 0 Å². The van der Waals surface area contributed by atoms with Crippen molar-refractivity contribution in [1.82, 2.24) is 20.0 Å². The summed E-state index contributed by atoms with van der Waals surface area (Å²) in [5, 5.41) is 3.12. The quantitative estimate of drug-likeness (QED) is 0.305. The van der Waals surface area contributed by atoms with Crippen LogP contribution in [-0.2, 0) is 0 Å². The van der Waals surface area contributed by atoms with Crippen molar-refractivity contribution in [3.63, 3.8) is 0 Å². The fourth-order valence-corrected chi connectivity index (χ4v) is 7.49. The molecule has 0 saturated heterocycles. The van der Waals surface area contributed by atoms with E-state index in [2.05, 4.69) is 132 Å². The zero-order valence-corrected chi connectivity index (χ0v) is 30.8. The summed E-state index contributed by atoms with van der Waals surface area (Å²) in [6.07, 6.45) is 11.4. The average Bonchev–Trinajstić information content (AvgIpc) is 2.63. The summed E-state index contributed by atoms with van der Waals surface area (Å²) in [5.74, 6) is 1.82. The third kappa shape index (κ3) is 10.5. The number of hydrogen-bond donors (Lipinski definition) is 1. The smallest absolute Gasteiger partial charge is 0.0219 e. The molecule has 6 fully saturated rings. The van der Waals surface area contributed by atoms with Crippen LogP contribution in [0.15, 0.2) is 0 Å². The molecule has 6 rings (SSSR count). The lowest BCUT2D eigenvalue weighted by Crippen LogP contribution is -2.74. The Bertz CT molecular complexity index is 677. The van der Waals surface area contributed by atoms with Crippen molar-refractivity contribution in [2.45, 2.75) is 126 Å². The summed E-state index contributed by atoms with van der Waals surface area (Å²) in [7, 11) is 15.1. The second kappa shape index (κ2) is 14.1. The molecule has 240 valence electrons. The van der Waals surface area contributed by atoms with E-state index in [1.54, 1.807) is 0 Å². The third-order valence-corrected chi connectivity index (χ3v) is 10.7. The van der Waals surface area contributed by atoms with E-state index in [0.717, 1.165) is 34.6 Å². The van der Waals surface area contributed by atoms with Crippen molar-refractivity contribution < 1.29 is 0 Å². The Kier molecular flexibility index (Phi) is 13.3. The maximum Gasteiger partial charge on any atom is 0.0219 e. The molecular formula is C36H76N4. The second-order valence-corrected chi connectivity index (χ2v) is 18.5. The van der Waals surface area contributed by atoms with Crippen LogP contribution in [0.4, 0.5) is 0 Å². The highest BCUT2D eigenvalue weighted by molar-refractivity contribution is 5.23. The van der Waals surface area contributed by atoms with Gasteiger partial charge in [0.05, 0.1) is 0 Å². The van der Waals surface area contributed by atoms with Gasteiger partial charge in [0.2, 0.25) is 0 Å². The third-order valence-electron chi connectivity index (χ3n) is 10.7. The summed E-state index contributed by atoms with van der Waals surface area (Å²) in [4.78, 5) is 7.01. The van der Waals surface area contributed by atoms with E-state index in [-0.39, 0.29) is 0 Å². The molecule has 4 nitrogen and oxygen atoms in total. The van der Waals surface area contributed by atoms with Crippen LogP contribution in [0.5, 0.6) is 0 Å². The van der Waals surface area contributed by atoms with Crippen LogP contribution in [0.25, 0.3) is 0 Å². The van der Waals surface area contributed by atoms with Crippen LogP contribution in [-0.4, -0.2) is 89.2 Å². The van der Waals surface area contributed by atoms with Crippen molar-refractivity contribution in [2.75, 3.05) is 69.0 Å². The van der Waals surface area contributed by atoms with Crippen LogP contribution in [0.3, 0.4) is 0 Å². The molecule has 0 aromatic rings. The molecule has 40 heavy (non-hydrogen) atoms. The molecule has 0 spiro atoms. The van der Waals surface area contributed by atoms with E-state index < -0.39 is 0 Å². The zero-order valence-electron chi connectivity index (χ0n) is 30.8. The Morgan fingerprint density at radius 3 is 1.25 bits per heavy atom. The van der Waals surface area contributed by atoms with Gasteiger partial charge in [-0.1, -0.05) is 69.2 Å². The standard InChI is InChI=1S/C11H21N.C10H19N.C8H19N.C7H17N/c1-9(2)11-5-10(6-11,7-11)8-12(3)4;1-8(2)9-5-10(6-9,7-9)11(3)4;1-8(2,3)6-7-9(4)5;1-7(2,3)5-6-8-4/h9H,5-8H2,1-4H3;8H,5-7H2,1-4H3;6-7H2,1-5H3;8H,5-6H2,1-4H3. The first-order chi connectivity index (χ1) is 18.0. The fourth-order valence-electron chi connectivity index (χ4n) is 7.49. The molecule has 0 aromatic carbocycles. The summed E-state index contributed by atoms with van der Waals surface area (Å²) < 4.78 is 0. The predicted molar refractivity (Wildman–Crippen MR) is 180 cm³/mol. The van der Waals surface area contributed by atoms with Gasteiger partial charge in [-0.05, 0) is 153 Å². The molecule has 1 N–H and O–H groups in total. The molecular weight excluding hydrogens is 488 g/mol. The average molecular weight is 565 g/mol. The Hall–Kier alpha value is -0.160. The maximum absolute atomic E-state index is 3.12. The summed E-state index contributed by atoms with van der Waals surface area (Å²) in [6.45, 7) is 26.8. The highest BCUT2D eigenvalue weighted by Crippen LogP contribution is 2.76. The molecule has 4 heteroatoms. The number of nitrogens with zero attached hydrogens (tertiary/aromatic N) is 3. The van der Waals surface area contributed by atoms with Crippen molar-refractivity contribution >= 4 is 0 Å². The van der Waals surface area contributed by atoms with Gasteiger partial charge < -0.3 is 20.0 Å². The Labute approximate surface area is 253 Å². The number of rotatable bonds is 9. The van der Waals surface area contributed by atoms with Gasteiger partial charge in [-0.25, -0.2) is 0 Å². The molecule has 0 aromatic heterocycles. The van der Waals surface area contributed by atoms with Crippen LogP contribution < -0.4 is 5.32 Å². The van der Waals surface area contributed by atoms with Crippen LogP contribution in [0.2, 0.25) is 0 Å². The van der Waals surface area contributed by atoms with Gasteiger partial charge in [-0.15, -0.1) is 0 Å². The molecule has 6 saturated carbocycles. The topological polar surface area (TPSA) is 21.8 Å². The second-order valence-electron chi connectivity index (χ2n) is 18.5. The lowest BCUT2D eigenvalue weighted by Gasteiger charge is -2.75. The van der Waals surface area contributed by atoms with Gasteiger partial charge in [0, 0.05) is 12.1 Å². The first kappa shape index (κ1) is 37.9. The first-order valence-corrected chi connectivity index (χ1v) is 16.6. The van der Waals surface area contributed by atoms with Gasteiger partial charge in [0.25, 0.3) is 0 Å². The van der Waals surface area contributed by atoms with Gasteiger partial charge in [0.15, 0.2) is 0 Å². The SMILES string of the molecule is CC(C)C12CC(CN(C)C)(C1)C2.CC(C)C12CC(N(C)C)(C1)C2.CN(C)CCC(C)(C)C.CNCCC(C)(C)C. The molecule has 6 aliphatic carbocycles. The van der Waals surface area contributed by atoms with Crippen LogP contribution in [0, 0.1) is 38.9 Å². The van der Waals surface area contributed by atoms with Crippen molar-refractivity contribution in [1.29, 1.82) is 0 Å². The van der Waals surface area contributed by atoms with Gasteiger partial charge in [0.1, 0.15) is 0 Å². The fraction of sp³-hybridized carbons (Fsp3) is 1.00. The Morgan fingerprint density at radius 1 is 0.625 bits per heavy atom. The summed E-state index contributed by atoms with van der Waals surface area (Å²) >= 11 is 0. The lowest BCUT2D eigenvalue weighted by molar-refractivity contribution is -0.234.